The number of anilines is 1. The molecule has 6 nitrogen and oxygen atoms in total. The Morgan fingerprint density at radius 3 is 2.78 bits per heavy atom. The summed E-state index contributed by atoms with van der Waals surface area (Å²) in [6, 6.07) is 6.42. The van der Waals surface area contributed by atoms with Gasteiger partial charge in [-0.05, 0) is 31.2 Å². The molecule has 1 aromatic carbocycles. The summed E-state index contributed by atoms with van der Waals surface area (Å²) in [7, 11) is 1.42. The van der Waals surface area contributed by atoms with E-state index in [-0.39, 0.29) is 18.2 Å². The maximum Gasteiger partial charge on any atom is 0.239 e. The Balaban J connectivity index is 1.94. The molecule has 1 N–H and O–H groups in total. The molecule has 1 aromatic heterocycles. The monoisotopic (exact) mass is 321 g/mol. The number of carbonyl (C=O) groups excluding carboxylic acids is 1. The van der Waals surface area contributed by atoms with Crippen molar-refractivity contribution in [3.63, 3.8) is 0 Å². The Bertz CT molecular complexity index is 672. The van der Waals surface area contributed by atoms with Crippen LogP contribution >= 0.6 is 0 Å². The first-order valence-corrected chi connectivity index (χ1v) is 7.29. The van der Waals surface area contributed by atoms with Crippen molar-refractivity contribution >= 4 is 11.7 Å². The minimum Gasteiger partial charge on any atom is -0.494 e. The summed E-state index contributed by atoms with van der Waals surface area (Å²) < 4.78 is 23.5. The van der Waals surface area contributed by atoms with Crippen LogP contribution in [0.2, 0.25) is 0 Å². The molecule has 0 bridgehead atoms. The highest BCUT2D eigenvalue weighted by atomic mass is 19.1. The lowest BCUT2D eigenvalue weighted by atomic mass is 10.2. The molecule has 124 valence electrons. The van der Waals surface area contributed by atoms with Crippen LogP contribution < -0.4 is 10.1 Å². The normalized spacial score (nSPS) is 10.8. The third-order valence-electron chi connectivity index (χ3n) is 3.33. The number of hydrogen-bond acceptors (Lipinski definition) is 5. The van der Waals surface area contributed by atoms with Gasteiger partial charge in [0.25, 0.3) is 0 Å². The van der Waals surface area contributed by atoms with Gasteiger partial charge in [-0.2, -0.15) is 0 Å². The Labute approximate surface area is 134 Å². The summed E-state index contributed by atoms with van der Waals surface area (Å²) >= 11 is 0. The van der Waals surface area contributed by atoms with Gasteiger partial charge in [-0.25, -0.2) is 4.39 Å². The van der Waals surface area contributed by atoms with E-state index in [0.29, 0.717) is 24.7 Å². The molecule has 23 heavy (non-hydrogen) atoms. The number of nitrogens with zero attached hydrogens (tertiary/aromatic N) is 2. The molecule has 0 unspecified atom stereocenters. The van der Waals surface area contributed by atoms with Crippen molar-refractivity contribution < 1.29 is 18.4 Å². The fraction of sp³-hybridized carbons (Fsp3) is 0.375. The fourth-order valence-corrected chi connectivity index (χ4v) is 2.16. The van der Waals surface area contributed by atoms with E-state index in [9.17, 15) is 9.18 Å². The molecule has 7 heteroatoms. The van der Waals surface area contributed by atoms with Crippen LogP contribution in [0, 0.1) is 12.7 Å². The molecular weight excluding hydrogens is 301 g/mol. The van der Waals surface area contributed by atoms with Gasteiger partial charge in [0.1, 0.15) is 5.76 Å². The number of benzene rings is 1. The van der Waals surface area contributed by atoms with Crippen molar-refractivity contribution in [2.45, 2.75) is 20.4 Å². The molecule has 2 aromatic rings. The molecule has 0 aliphatic heterocycles. The largest absolute Gasteiger partial charge is 0.494 e. The lowest BCUT2D eigenvalue weighted by Gasteiger charge is -2.19. The minimum absolute atomic E-state index is 0.177. The van der Waals surface area contributed by atoms with E-state index in [2.05, 4.69) is 10.5 Å². The van der Waals surface area contributed by atoms with E-state index in [1.807, 2.05) is 11.8 Å². The number of aromatic nitrogens is 1. The molecule has 2 rings (SSSR count). The van der Waals surface area contributed by atoms with Crippen LogP contribution in [-0.2, 0) is 11.3 Å². The van der Waals surface area contributed by atoms with Gasteiger partial charge in [0.2, 0.25) is 5.91 Å². The van der Waals surface area contributed by atoms with Gasteiger partial charge in [0.15, 0.2) is 17.4 Å². The van der Waals surface area contributed by atoms with Crippen LogP contribution in [0.1, 0.15) is 18.2 Å². The molecule has 0 saturated carbocycles. The highest BCUT2D eigenvalue weighted by Crippen LogP contribution is 2.18. The minimum atomic E-state index is -0.413. The number of carbonyl (C=O) groups is 1. The first-order chi connectivity index (χ1) is 11.0. The Kier molecular flexibility index (Phi) is 5.70. The van der Waals surface area contributed by atoms with Crippen LogP contribution in [0.3, 0.4) is 0 Å². The highest BCUT2D eigenvalue weighted by molar-refractivity contribution is 5.91. The number of likely N-dealkylation sites (N-methyl/N-ethyl adjacent to an activating group) is 1. The Hall–Kier alpha value is -2.41. The van der Waals surface area contributed by atoms with Crippen LogP contribution in [0.25, 0.3) is 0 Å². The van der Waals surface area contributed by atoms with Gasteiger partial charge in [-0.3, -0.25) is 9.69 Å². The molecule has 0 radical (unpaired) electrons. The smallest absolute Gasteiger partial charge is 0.239 e. The molecule has 0 spiro atoms. The van der Waals surface area contributed by atoms with Crippen molar-refractivity contribution in [2.75, 3.05) is 25.5 Å². The Morgan fingerprint density at radius 1 is 1.43 bits per heavy atom. The van der Waals surface area contributed by atoms with Gasteiger partial charge in [-0.1, -0.05) is 18.1 Å². The van der Waals surface area contributed by atoms with Crippen molar-refractivity contribution in [1.82, 2.24) is 10.1 Å². The third-order valence-corrected chi connectivity index (χ3v) is 3.33. The summed E-state index contributed by atoms with van der Waals surface area (Å²) in [6.45, 7) is 4.98. The first-order valence-electron chi connectivity index (χ1n) is 7.29. The highest BCUT2D eigenvalue weighted by Gasteiger charge is 2.13. The number of aryl methyl sites for hydroxylation is 1. The molecule has 0 atom stereocenters. The summed E-state index contributed by atoms with van der Waals surface area (Å²) in [5.41, 5.74) is 0.773. The first kappa shape index (κ1) is 17.0. The van der Waals surface area contributed by atoms with E-state index in [0.717, 1.165) is 5.56 Å². The third kappa shape index (κ3) is 4.79. The second-order valence-corrected chi connectivity index (χ2v) is 5.14. The zero-order valence-electron chi connectivity index (χ0n) is 13.4. The van der Waals surface area contributed by atoms with Crippen molar-refractivity contribution in [1.29, 1.82) is 0 Å². The number of rotatable bonds is 7. The van der Waals surface area contributed by atoms with Gasteiger partial charge in [0.05, 0.1) is 13.7 Å². The SMILES string of the molecule is CCN(CC(=O)Nc1cc(C)on1)Cc1ccc(OC)c(F)c1. The van der Waals surface area contributed by atoms with Gasteiger partial charge in [-0.15, -0.1) is 0 Å². The Morgan fingerprint density at radius 2 is 2.22 bits per heavy atom. The number of methoxy groups -OCH3 is 1. The van der Waals surface area contributed by atoms with Crippen molar-refractivity contribution in [3.05, 3.63) is 41.4 Å². The summed E-state index contributed by atoms with van der Waals surface area (Å²) in [5.74, 6) is 0.606. The van der Waals surface area contributed by atoms with Crippen LogP contribution in [0.4, 0.5) is 10.2 Å². The lowest BCUT2D eigenvalue weighted by Crippen LogP contribution is -2.32. The second-order valence-electron chi connectivity index (χ2n) is 5.14. The number of amides is 1. The fourth-order valence-electron chi connectivity index (χ4n) is 2.16. The van der Waals surface area contributed by atoms with Gasteiger partial charge >= 0.3 is 0 Å². The zero-order chi connectivity index (χ0) is 16.8. The van der Waals surface area contributed by atoms with Gasteiger partial charge in [0, 0.05) is 12.6 Å². The van der Waals surface area contributed by atoms with Crippen LogP contribution in [0.15, 0.2) is 28.8 Å². The topological polar surface area (TPSA) is 67.6 Å². The number of halogens is 1. The predicted molar refractivity (Wildman–Crippen MR) is 83.8 cm³/mol. The number of ether oxygens (including phenoxy) is 1. The molecule has 1 amide bonds. The van der Waals surface area contributed by atoms with E-state index < -0.39 is 5.82 Å². The van der Waals surface area contributed by atoms with Crippen molar-refractivity contribution in [2.24, 2.45) is 0 Å². The summed E-state index contributed by atoms with van der Waals surface area (Å²) in [6.07, 6.45) is 0. The molecular formula is C16H20FN3O3. The molecule has 1 heterocycles. The second kappa shape index (κ2) is 7.73. The van der Waals surface area contributed by atoms with E-state index in [4.69, 9.17) is 9.26 Å². The standard InChI is InChI=1S/C16H20FN3O3/c1-4-20(9-12-5-6-14(22-3)13(17)8-12)10-16(21)18-15-7-11(2)23-19-15/h5-8H,4,9-10H2,1-3H3,(H,18,19,21). The van der Waals surface area contributed by atoms with E-state index >= 15 is 0 Å². The van der Waals surface area contributed by atoms with E-state index in [1.54, 1.807) is 25.1 Å². The summed E-state index contributed by atoms with van der Waals surface area (Å²) in [4.78, 5) is 13.9. The van der Waals surface area contributed by atoms with Crippen LogP contribution in [0.5, 0.6) is 5.75 Å². The molecule has 0 aliphatic carbocycles. The van der Waals surface area contributed by atoms with E-state index in [1.165, 1.54) is 13.2 Å². The van der Waals surface area contributed by atoms with Gasteiger partial charge < -0.3 is 14.6 Å². The lowest BCUT2D eigenvalue weighted by molar-refractivity contribution is -0.117. The quantitative estimate of drug-likeness (QED) is 0.849. The zero-order valence-corrected chi connectivity index (χ0v) is 13.4. The average molecular weight is 321 g/mol. The summed E-state index contributed by atoms with van der Waals surface area (Å²) in [5, 5.41) is 6.38. The average Bonchev–Trinajstić information content (AvgIpc) is 2.91. The predicted octanol–water partition coefficient (Wildman–Crippen LogP) is 2.59. The molecule has 0 fully saturated rings. The molecule has 0 saturated heterocycles. The number of nitrogens with one attached hydrogen (secondary N) is 1. The van der Waals surface area contributed by atoms with Crippen LogP contribution in [-0.4, -0.2) is 36.2 Å². The number of hydrogen-bond donors (Lipinski definition) is 1. The maximum atomic E-state index is 13.7. The maximum absolute atomic E-state index is 13.7. The molecule has 0 aliphatic rings. The van der Waals surface area contributed by atoms with Crippen molar-refractivity contribution in [3.8, 4) is 5.75 Å².